The molecule has 0 fully saturated rings. The molecule has 3 rings (SSSR count). The van der Waals surface area contributed by atoms with E-state index in [2.05, 4.69) is 5.32 Å². The van der Waals surface area contributed by atoms with Crippen LogP contribution in [0.2, 0.25) is 0 Å². The van der Waals surface area contributed by atoms with Crippen LogP contribution in [0.4, 0.5) is 0 Å². The number of carbonyl (C=O) groups is 4. The largest absolute Gasteiger partial charge is 0.347 e. The molecule has 7 nitrogen and oxygen atoms in total. The zero-order valence-corrected chi connectivity index (χ0v) is 24.0. The molecule has 0 spiro atoms. The molecule has 7 heteroatoms. The number of nitrogens with one attached hydrogen (secondary N) is 1. The fourth-order valence-electron chi connectivity index (χ4n) is 4.79. The van der Waals surface area contributed by atoms with Crippen LogP contribution >= 0.6 is 0 Å². The summed E-state index contributed by atoms with van der Waals surface area (Å²) in [5, 5.41) is 2.80. The highest BCUT2D eigenvalue weighted by Crippen LogP contribution is 2.24. The molecule has 0 bridgehead atoms. The summed E-state index contributed by atoms with van der Waals surface area (Å²) in [4.78, 5) is 52.5. The van der Waals surface area contributed by atoms with Crippen molar-refractivity contribution in [3.8, 4) is 0 Å². The number of aryl methyl sites for hydroxylation is 1. The highest BCUT2D eigenvalue weighted by atomic mass is 16.7. The minimum Gasteiger partial charge on any atom is -0.347 e. The van der Waals surface area contributed by atoms with Gasteiger partial charge in [0.25, 0.3) is 0 Å². The molecule has 0 heterocycles. The summed E-state index contributed by atoms with van der Waals surface area (Å²) in [5.74, 6) is -3.23. The molecule has 0 unspecified atom stereocenters. The van der Waals surface area contributed by atoms with Gasteiger partial charge in [-0.25, -0.2) is 0 Å². The number of benzene rings is 3. The maximum absolute atomic E-state index is 13.4. The van der Waals surface area contributed by atoms with Gasteiger partial charge in [0.15, 0.2) is 17.3 Å². The second-order valence-electron chi connectivity index (χ2n) is 10.1. The van der Waals surface area contributed by atoms with Gasteiger partial charge in [0.2, 0.25) is 11.7 Å². The van der Waals surface area contributed by atoms with Crippen LogP contribution in [0.3, 0.4) is 0 Å². The first-order valence-electron chi connectivity index (χ1n) is 13.9. The zero-order chi connectivity index (χ0) is 29.7. The van der Waals surface area contributed by atoms with Crippen LogP contribution in [0.25, 0.3) is 0 Å². The minimum absolute atomic E-state index is 0.0119. The van der Waals surface area contributed by atoms with E-state index in [1.165, 1.54) is 14.2 Å². The van der Waals surface area contributed by atoms with Crippen LogP contribution in [-0.2, 0) is 36.7 Å². The fourth-order valence-corrected chi connectivity index (χ4v) is 4.79. The Hall–Kier alpha value is -3.94. The quantitative estimate of drug-likeness (QED) is 0.182. The Morgan fingerprint density at radius 1 is 0.756 bits per heavy atom. The van der Waals surface area contributed by atoms with Crippen molar-refractivity contribution in [1.82, 2.24) is 5.32 Å². The number of hydrogen-bond acceptors (Lipinski definition) is 6. The molecular weight excluding hydrogens is 518 g/mol. The van der Waals surface area contributed by atoms with Crippen molar-refractivity contribution in [1.29, 1.82) is 0 Å². The predicted molar refractivity (Wildman–Crippen MR) is 157 cm³/mol. The van der Waals surface area contributed by atoms with Gasteiger partial charge >= 0.3 is 0 Å². The lowest BCUT2D eigenvalue weighted by molar-refractivity contribution is -0.210. The number of rotatable bonds is 17. The molecule has 0 aliphatic rings. The molecule has 0 aromatic heterocycles. The number of ketones is 3. The number of ether oxygens (including phenoxy) is 2. The van der Waals surface area contributed by atoms with Crippen molar-refractivity contribution in [2.75, 3.05) is 14.2 Å². The molecule has 2 atom stereocenters. The summed E-state index contributed by atoms with van der Waals surface area (Å²) in [7, 11) is 2.77. The van der Waals surface area contributed by atoms with E-state index in [1.807, 2.05) is 66.7 Å². The lowest BCUT2D eigenvalue weighted by atomic mass is 9.90. The summed E-state index contributed by atoms with van der Waals surface area (Å²) >= 11 is 0. The van der Waals surface area contributed by atoms with Gasteiger partial charge < -0.3 is 14.8 Å². The van der Waals surface area contributed by atoms with Crippen molar-refractivity contribution >= 4 is 23.3 Å². The Balaban J connectivity index is 1.62. The highest BCUT2D eigenvalue weighted by Gasteiger charge is 2.39. The monoisotopic (exact) mass is 557 g/mol. The van der Waals surface area contributed by atoms with Crippen molar-refractivity contribution in [2.24, 2.45) is 5.92 Å². The molecule has 3 aromatic rings. The first-order valence-corrected chi connectivity index (χ1v) is 13.9. The average molecular weight is 558 g/mol. The Morgan fingerprint density at radius 2 is 1.29 bits per heavy atom. The van der Waals surface area contributed by atoms with Crippen LogP contribution < -0.4 is 5.32 Å². The Bertz CT molecular complexity index is 1270. The van der Waals surface area contributed by atoms with Crippen LogP contribution in [0.1, 0.15) is 54.1 Å². The fraction of sp³-hybridized carbons (Fsp3) is 0.353. The molecule has 0 saturated carbocycles. The first kappa shape index (κ1) is 31.6. The summed E-state index contributed by atoms with van der Waals surface area (Å²) in [6.45, 7) is 1.61. The van der Waals surface area contributed by atoms with Crippen molar-refractivity contribution in [3.63, 3.8) is 0 Å². The maximum Gasteiger partial charge on any atom is 0.228 e. The molecule has 216 valence electrons. The standard InChI is InChI=1S/C34H39NO6/c1-25(30(36)21-22-34(40-2,41-3)32(38)20-19-26-13-7-4-8-14-26)35-33(39)29(23-27-15-9-5-10-16-27)24-31(37)28-17-11-6-12-18-28/h4-18,25,29H,19-24H2,1-3H3,(H,35,39)/t25-,29+/m0/s1. The maximum atomic E-state index is 13.4. The van der Waals surface area contributed by atoms with Gasteiger partial charge in [-0.2, -0.15) is 0 Å². The topological polar surface area (TPSA) is 98.8 Å². The molecule has 0 saturated heterocycles. The molecular formula is C34H39NO6. The SMILES string of the molecule is COC(CCC(=O)[C@H](C)NC(=O)[C@@H](CC(=O)c1ccccc1)Cc1ccccc1)(OC)C(=O)CCc1ccccc1. The third kappa shape index (κ3) is 9.30. The summed E-state index contributed by atoms with van der Waals surface area (Å²) in [6.07, 6.45) is 1.08. The van der Waals surface area contributed by atoms with Crippen molar-refractivity contribution in [3.05, 3.63) is 108 Å². The van der Waals surface area contributed by atoms with E-state index in [0.717, 1.165) is 11.1 Å². The number of carbonyl (C=O) groups excluding carboxylic acids is 4. The zero-order valence-electron chi connectivity index (χ0n) is 24.0. The third-order valence-electron chi connectivity index (χ3n) is 7.33. The first-order chi connectivity index (χ1) is 19.8. The smallest absolute Gasteiger partial charge is 0.228 e. The molecule has 0 aliphatic carbocycles. The van der Waals surface area contributed by atoms with Crippen LogP contribution in [-0.4, -0.2) is 49.3 Å². The number of methoxy groups -OCH3 is 2. The normalized spacial score (nSPS) is 12.8. The van der Waals surface area contributed by atoms with E-state index in [1.54, 1.807) is 31.2 Å². The molecule has 1 N–H and O–H groups in total. The van der Waals surface area contributed by atoms with E-state index in [4.69, 9.17) is 9.47 Å². The van der Waals surface area contributed by atoms with Crippen LogP contribution in [0, 0.1) is 5.92 Å². The van der Waals surface area contributed by atoms with Crippen LogP contribution in [0.5, 0.6) is 0 Å². The Kier molecular flexibility index (Phi) is 12.1. The average Bonchev–Trinajstić information content (AvgIpc) is 3.01. The van der Waals surface area contributed by atoms with Gasteiger partial charge in [-0.05, 0) is 30.9 Å². The highest BCUT2D eigenvalue weighted by molar-refractivity contribution is 5.99. The van der Waals surface area contributed by atoms with Crippen molar-refractivity contribution in [2.45, 2.75) is 57.3 Å². The number of Topliss-reactive ketones (excluding diaryl/α,β-unsaturated/α-hetero) is 3. The number of hydrogen-bond donors (Lipinski definition) is 1. The molecule has 41 heavy (non-hydrogen) atoms. The Labute approximate surface area is 242 Å². The second kappa shape index (κ2) is 15.7. The lowest BCUT2D eigenvalue weighted by Gasteiger charge is -2.29. The Morgan fingerprint density at radius 3 is 1.85 bits per heavy atom. The van der Waals surface area contributed by atoms with Gasteiger partial charge in [-0.3, -0.25) is 19.2 Å². The van der Waals surface area contributed by atoms with E-state index in [-0.39, 0.29) is 48.9 Å². The third-order valence-corrected chi connectivity index (χ3v) is 7.33. The summed E-state index contributed by atoms with van der Waals surface area (Å²) in [5.41, 5.74) is 2.48. The van der Waals surface area contributed by atoms with Gasteiger partial charge in [0.1, 0.15) is 0 Å². The summed E-state index contributed by atoms with van der Waals surface area (Å²) < 4.78 is 11.0. The van der Waals surface area contributed by atoms with Gasteiger partial charge in [0.05, 0.1) is 6.04 Å². The number of amides is 1. The van der Waals surface area contributed by atoms with Gasteiger partial charge in [-0.1, -0.05) is 91.0 Å². The van der Waals surface area contributed by atoms with E-state index in [0.29, 0.717) is 18.4 Å². The van der Waals surface area contributed by atoms with Crippen molar-refractivity contribution < 1.29 is 28.7 Å². The van der Waals surface area contributed by atoms with E-state index in [9.17, 15) is 19.2 Å². The lowest BCUT2D eigenvalue weighted by Crippen LogP contribution is -2.46. The van der Waals surface area contributed by atoms with Gasteiger partial charge in [-0.15, -0.1) is 0 Å². The molecule has 0 aliphatic heterocycles. The minimum atomic E-state index is -1.55. The van der Waals surface area contributed by atoms with E-state index >= 15 is 0 Å². The van der Waals surface area contributed by atoms with Crippen LogP contribution in [0.15, 0.2) is 91.0 Å². The van der Waals surface area contributed by atoms with Gasteiger partial charge in [0, 0.05) is 51.4 Å². The van der Waals surface area contributed by atoms with E-state index < -0.39 is 17.7 Å². The molecule has 0 radical (unpaired) electrons. The molecule has 3 aromatic carbocycles. The summed E-state index contributed by atoms with van der Waals surface area (Å²) in [6, 6.07) is 27.1. The molecule has 1 amide bonds. The second-order valence-corrected chi connectivity index (χ2v) is 10.1. The predicted octanol–water partition coefficient (Wildman–Crippen LogP) is 5.16.